The molecule has 6 nitrogen and oxygen atoms in total. The third-order valence-electron chi connectivity index (χ3n) is 5.65. The van der Waals surface area contributed by atoms with Crippen molar-refractivity contribution in [3.05, 3.63) is 34.4 Å². The summed E-state index contributed by atoms with van der Waals surface area (Å²) in [5.74, 6) is 0.262. The van der Waals surface area contributed by atoms with Crippen LogP contribution in [0.15, 0.2) is 23.1 Å². The number of fused-ring (bicyclic) bond motifs is 1. The molecule has 0 aromatic carbocycles. The first-order valence-electron chi connectivity index (χ1n) is 9.91. The summed E-state index contributed by atoms with van der Waals surface area (Å²) in [5.41, 5.74) is -1.95. The molecule has 30 heavy (non-hydrogen) atoms. The number of aromatic hydroxyl groups is 1. The van der Waals surface area contributed by atoms with Crippen LogP contribution in [0.2, 0.25) is 0 Å². The minimum absolute atomic E-state index is 0.0614. The largest absolute Gasteiger partial charge is 0.506 e. The van der Waals surface area contributed by atoms with Crippen molar-refractivity contribution in [2.24, 2.45) is 5.92 Å². The monoisotopic (exact) mass is 438 g/mol. The Morgan fingerprint density at radius 3 is 2.70 bits per heavy atom. The molecule has 160 valence electrons. The van der Waals surface area contributed by atoms with Gasteiger partial charge in [0.25, 0.3) is 5.56 Å². The number of nitrogens with zero attached hydrogens (tertiary/aromatic N) is 4. The molecule has 1 aliphatic carbocycles. The van der Waals surface area contributed by atoms with Crippen LogP contribution in [0.1, 0.15) is 57.2 Å². The van der Waals surface area contributed by atoms with Crippen molar-refractivity contribution in [1.82, 2.24) is 18.9 Å². The summed E-state index contributed by atoms with van der Waals surface area (Å²) in [6.07, 6.45) is 2.81. The first-order valence-corrected chi connectivity index (χ1v) is 10.7. The van der Waals surface area contributed by atoms with Crippen LogP contribution in [0.3, 0.4) is 0 Å². The highest BCUT2D eigenvalue weighted by atomic mass is 32.1. The van der Waals surface area contributed by atoms with E-state index in [4.69, 9.17) is 0 Å². The minimum atomic E-state index is -4.75. The van der Waals surface area contributed by atoms with Gasteiger partial charge in [-0.1, -0.05) is 32.1 Å². The van der Waals surface area contributed by atoms with Gasteiger partial charge in [0.15, 0.2) is 16.3 Å². The summed E-state index contributed by atoms with van der Waals surface area (Å²) in [5, 5.41) is 9.75. The van der Waals surface area contributed by atoms with Crippen molar-refractivity contribution in [2.75, 3.05) is 0 Å². The van der Waals surface area contributed by atoms with Gasteiger partial charge in [-0.3, -0.25) is 9.36 Å². The van der Waals surface area contributed by atoms with Crippen molar-refractivity contribution in [2.45, 2.75) is 57.7 Å². The second-order valence-electron chi connectivity index (χ2n) is 7.78. The summed E-state index contributed by atoms with van der Waals surface area (Å²) in [6, 6.07) is 2.53. The van der Waals surface area contributed by atoms with Crippen LogP contribution >= 0.6 is 11.5 Å². The summed E-state index contributed by atoms with van der Waals surface area (Å²) < 4.78 is 45.0. The second kappa shape index (κ2) is 7.98. The summed E-state index contributed by atoms with van der Waals surface area (Å²) in [7, 11) is 0. The fourth-order valence-electron chi connectivity index (χ4n) is 4.27. The maximum atomic E-state index is 13.4. The molecule has 0 amide bonds. The van der Waals surface area contributed by atoms with Crippen LogP contribution in [0.5, 0.6) is 5.75 Å². The van der Waals surface area contributed by atoms with Crippen LogP contribution < -0.4 is 5.56 Å². The standard InChI is InChI=1S/C20H21F3N4O2S/c1-11(10-12-6-3-2-4-7-12)27-17(15-13(28)8-5-9-24-15)25-18-14(19(27)29)16(26-30-18)20(21,22)23/h5,8-9,11-12,28H,2-4,6-7,10H2,1H3/t11-/m1/s1. The van der Waals surface area contributed by atoms with Crippen molar-refractivity contribution in [3.8, 4) is 17.3 Å². The van der Waals surface area contributed by atoms with Gasteiger partial charge in [0, 0.05) is 12.2 Å². The predicted octanol–water partition coefficient (Wildman–Crippen LogP) is 5.17. The Morgan fingerprint density at radius 1 is 1.30 bits per heavy atom. The van der Waals surface area contributed by atoms with E-state index in [0.717, 1.165) is 25.7 Å². The fraction of sp³-hybridized carbons (Fsp3) is 0.500. The molecule has 1 saturated carbocycles. The number of halogens is 3. The Labute approximate surface area is 174 Å². The quantitative estimate of drug-likeness (QED) is 0.608. The van der Waals surface area contributed by atoms with E-state index in [1.165, 1.54) is 29.3 Å². The van der Waals surface area contributed by atoms with Crippen LogP contribution in [-0.4, -0.2) is 24.0 Å². The van der Waals surface area contributed by atoms with Crippen molar-refractivity contribution in [3.63, 3.8) is 0 Å². The molecule has 1 aliphatic rings. The predicted molar refractivity (Wildman–Crippen MR) is 107 cm³/mol. The minimum Gasteiger partial charge on any atom is -0.506 e. The van der Waals surface area contributed by atoms with E-state index in [9.17, 15) is 23.1 Å². The van der Waals surface area contributed by atoms with E-state index in [0.29, 0.717) is 23.9 Å². The molecule has 0 saturated heterocycles. The van der Waals surface area contributed by atoms with Crippen molar-refractivity contribution >= 4 is 21.7 Å². The summed E-state index contributed by atoms with van der Waals surface area (Å²) in [6.45, 7) is 1.81. The number of hydrogen-bond donors (Lipinski definition) is 1. The van der Waals surface area contributed by atoms with Crippen molar-refractivity contribution < 1.29 is 18.3 Å². The van der Waals surface area contributed by atoms with Gasteiger partial charge in [0.1, 0.15) is 16.8 Å². The summed E-state index contributed by atoms with van der Waals surface area (Å²) in [4.78, 5) is 21.7. The molecule has 1 fully saturated rings. The number of alkyl halides is 3. The maximum Gasteiger partial charge on any atom is 0.435 e. The highest BCUT2D eigenvalue weighted by Gasteiger charge is 2.38. The van der Waals surface area contributed by atoms with E-state index in [1.807, 2.05) is 0 Å². The van der Waals surface area contributed by atoms with Crippen LogP contribution in [-0.2, 0) is 6.18 Å². The van der Waals surface area contributed by atoms with Crippen LogP contribution in [0.4, 0.5) is 13.2 Å². The highest BCUT2D eigenvalue weighted by molar-refractivity contribution is 7.12. The lowest BCUT2D eigenvalue weighted by atomic mass is 9.85. The first-order chi connectivity index (χ1) is 14.3. The average Bonchev–Trinajstić information content (AvgIpc) is 3.14. The zero-order chi connectivity index (χ0) is 21.5. The molecule has 1 N–H and O–H groups in total. The molecule has 3 aromatic heterocycles. The third-order valence-corrected chi connectivity index (χ3v) is 6.39. The molecule has 1 atom stereocenters. The number of hydrogen-bond acceptors (Lipinski definition) is 6. The van der Waals surface area contributed by atoms with Gasteiger partial charge >= 0.3 is 6.18 Å². The van der Waals surface area contributed by atoms with E-state index in [1.54, 1.807) is 6.92 Å². The highest BCUT2D eigenvalue weighted by Crippen LogP contribution is 2.37. The molecule has 0 aliphatic heterocycles. The molecule has 3 heterocycles. The Morgan fingerprint density at radius 2 is 2.03 bits per heavy atom. The lowest BCUT2D eigenvalue weighted by Crippen LogP contribution is -2.29. The van der Waals surface area contributed by atoms with Crippen molar-refractivity contribution in [1.29, 1.82) is 0 Å². The van der Waals surface area contributed by atoms with Crippen LogP contribution in [0.25, 0.3) is 21.7 Å². The second-order valence-corrected chi connectivity index (χ2v) is 8.53. The maximum absolute atomic E-state index is 13.4. The number of aromatic nitrogens is 4. The first kappa shape index (κ1) is 20.8. The van der Waals surface area contributed by atoms with Gasteiger partial charge < -0.3 is 5.11 Å². The zero-order valence-corrected chi connectivity index (χ0v) is 17.1. The number of pyridine rings is 1. The van der Waals surface area contributed by atoms with Gasteiger partial charge in [-0.2, -0.15) is 17.5 Å². The zero-order valence-electron chi connectivity index (χ0n) is 16.3. The molecular formula is C20H21F3N4O2S. The molecule has 0 radical (unpaired) electrons. The molecular weight excluding hydrogens is 417 g/mol. The molecule has 0 unspecified atom stereocenters. The summed E-state index contributed by atoms with van der Waals surface area (Å²) >= 11 is 0.522. The topological polar surface area (TPSA) is 80.9 Å². The van der Waals surface area contributed by atoms with Gasteiger partial charge in [-0.05, 0) is 42.9 Å². The van der Waals surface area contributed by atoms with E-state index in [-0.39, 0.29) is 22.1 Å². The Kier molecular flexibility index (Phi) is 5.52. The van der Waals surface area contributed by atoms with Gasteiger partial charge in [0.2, 0.25) is 0 Å². The molecule has 10 heteroatoms. The fourth-order valence-corrected chi connectivity index (χ4v) is 5.04. The molecule has 3 aromatic rings. The Hall–Kier alpha value is -2.49. The Bertz CT molecular complexity index is 1120. The van der Waals surface area contributed by atoms with Gasteiger partial charge in [-0.15, -0.1) is 0 Å². The lowest BCUT2D eigenvalue weighted by molar-refractivity contribution is -0.139. The Balaban J connectivity index is 1.92. The molecule has 0 bridgehead atoms. The van der Waals surface area contributed by atoms with Gasteiger partial charge in [-0.25, -0.2) is 9.97 Å². The van der Waals surface area contributed by atoms with E-state index in [2.05, 4.69) is 14.3 Å². The van der Waals surface area contributed by atoms with Crippen LogP contribution in [0, 0.1) is 5.92 Å². The smallest absolute Gasteiger partial charge is 0.435 e. The SMILES string of the molecule is C[C@H](CC1CCCCC1)n1c(-c2ncccc2O)nc2snc(C(F)(F)F)c2c1=O. The van der Waals surface area contributed by atoms with Gasteiger partial charge in [0.05, 0.1) is 0 Å². The normalized spacial score (nSPS) is 16.8. The number of rotatable bonds is 4. The lowest BCUT2D eigenvalue weighted by Gasteiger charge is -2.27. The third kappa shape index (κ3) is 3.80. The molecule has 0 spiro atoms. The molecule has 4 rings (SSSR count). The average molecular weight is 438 g/mol. The van der Waals surface area contributed by atoms with E-state index < -0.39 is 28.9 Å². The van der Waals surface area contributed by atoms with E-state index >= 15 is 0 Å².